The van der Waals surface area contributed by atoms with Crippen molar-refractivity contribution in [1.82, 2.24) is 10.6 Å². The number of allylic oxidation sites excluding steroid dienone is 3. The first-order chi connectivity index (χ1) is 17.0. The van der Waals surface area contributed by atoms with Crippen molar-refractivity contribution in [1.29, 1.82) is 0 Å². The second-order valence-electron chi connectivity index (χ2n) is 9.36. The Morgan fingerprint density at radius 3 is 2.49 bits per heavy atom. The molecule has 7 heteroatoms. The van der Waals surface area contributed by atoms with Crippen LogP contribution in [0.15, 0.2) is 60.2 Å². The number of hydrogen-bond acceptors (Lipinski definition) is 2. The number of benzene rings is 2. The molecule has 2 amide bonds. The minimum absolute atomic E-state index is 0.211. The van der Waals surface area contributed by atoms with E-state index in [0.717, 1.165) is 36.9 Å². The average molecular weight is 516 g/mol. The van der Waals surface area contributed by atoms with Gasteiger partial charge in [0.05, 0.1) is 0 Å². The van der Waals surface area contributed by atoms with Gasteiger partial charge in [0.1, 0.15) is 5.82 Å². The quantitative estimate of drug-likeness (QED) is 0.322. The largest absolute Gasteiger partial charge is 0.337 e. The predicted octanol–water partition coefficient (Wildman–Crippen LogP) is 7.60. The Balaban J connectivity index is 1.39. The minimum atomic E-state index is -0.288. The van der Waals surface area contributed by atoms with E-state index >= 15 is 0 Å². The van der Waals surface area contributed by atoms with Crippen molar-refractivity contribution in [3.63, 3.8) is 0 Å². The summed E-state index contributed by atoms with van der Waals surface area (Å²) in [4.78, 5) is 12.6. The molecule has 0 bridgehead atoms. The molecule has 186 valence electrons. The number of amides is 2. The van der Waals surface area contributed by atoms with E-state index < -0.39 is 0 Å². The smallest absolute Gasteiger partial charge is 0.319 e. The standard InChI is InChI=1S/C28H32Cl2FN3O/c29-23-15-24(30)17-27(16-23)34-28(35)33-18-22(12-13-32-26-6-1-2-7-26)20-10-8-19(9-11-20)21-4-3-5-25(31)14-21/h3-5,8,10,14-17,22,26,32H,1-2,6-7,9,11-13,18H2,(H2,33,34,35). The molecular formula is C28H32Cl2FN3O. The van der Waals surface area contributed by atoms with Crippen LogP contribution in [0.3, 0.4) is 0 Å². The van der Waals surface area contributed by atoms with Crippen LogP contribution in [0, 0.1) is 11.7 Å². The lowest BCUT2D eigenvalue weighted by Gasteiger charge is -2.25. The van der Waals surface area contributed by atoms with Crippen molar-refractivity contribution in [2.45, 2.75) is 51.0 Å². The van der Waals surface area contributed by atoms with Gasteiger partial charge in [-0.3, -0.25) is 0 Å². The van der Waals surface area contributed by atoms with Crippen molar-refractivity contribution >= 4 is 40.5 Å². The van der Waals surface area contributed by atoms with E-state index in [4.69, 9.17) is 23.2 Å². The highest BCUT2D eigenvalue weighted by molar-refractivity contribution is 6.35. The lowest BCUT2D eigenvalue weighted by atomic mass is 9.85. The summed E-state index contributed by atoms with van der Waals surface area (Å²) >= 11 is 12.1. The number of anilines is 1. The first-order valence-corrected chi connectivity index (χ1v) is 13.1. The first kappa shape index (κ1) is 25.7. The number of carbonyl (C=O) groups is 1. The summed E-state index contributed by atoms with van der Waals surface area (Å²) in [7, 11) is 0. The maximum Gasteiger partial charge on any atom is 0.319 e. The third-order valence-electron chi connectivity index (χ3n) is 6.81. The van der Waals surface area contributed by atoms with Gasteiger partial charge in [-0.1, -0.05) is 65.9 Å². The van der Waals surface area contributed by atoms with Crippen molar-refractivity contribution in [2.75, 3.05) is 18.4 Å². The summed E-state index contributed by atoms with van der Waals surface area (Å²) in [6.45, 7) is 1.45. The number of halogens is 3. The SMILES string of the molecule is O=C(NCC(CCNC1CCCC1)C1=CC=C(c2cccc(F)c2)CC1)Nc1cc(Cl)cc(Cl)c1. The summed E-state index contributed by atoms with van der Waals surface area (Å²) in [6.07, 6.45) is 12.0. The van der Waals surface area contributed by atoms with E-state index in [0.29, 0.717) is 28.3 Å². The number of hydrogen-bond donors (Lipinski definition) is 3. The molecule has 3 N–H and O–H groups in total. The third kappa shape index (κ3) is 7.83. The van der Waals surface area contributed by atoms with Crippen LogP contribution < -0.4 is 16.0 Å². The van der Waals surface area contributed by atoms with Crippen molar-refractivity contribution in [3.8, 4) is 0 Å². The summed E-state index contributed by atoms with van der Waals surface area (Å²) < 4.78 is 13.7. The minimum Gasteiger partial charge on any atom is -0.337 e. The molecule has 2 aromatic carbocycles. The van der Waals surface area contributed by atoms with Crippen molar-refractivity contribution < 1.29 is 9.18 Å². The van der Waals surface area contributed by atoms with E-state index in [1.54, 1.807) is 30.3 Å². The molecule has 1 atom stereocenters. The summed E-state index contributed by atoms with van der Waals surface area (Å²) in [5.41, 5.74) is 3.93. The third-order valence-corrected chi connectivity index (χ3v) is 7.25. The van der Waals surface area contributed by atoms with Gasteiger partial charge in [-0.2, -0.15) is 0 Å². The molecule has 0 radical (unpaired) electrons. The van der Waals surface area contributed by atoms with Gasteiger partial charge in [0, 0.05) is 28.3 Å². The topological polar surface area (TPSA) is 53.2 Å². The molecule has 2 aromatic rings. The zero-order chi connectivity index (χ0) is 24.6. The molecule has 0 aliphatic heterocycles. The second-order valence-corrected chi connectivity index (χ2v) is 10.2. The van der Waals surface area contributed by atoms with Gasteiger partial charge in [-0.05, 0) is 86.0 Å². The summed E-state index contributed by atoms with van der Waals surface area (Å²) in [5.74, 6) is -0.00634. The lowest BCUT2D eigenvalue weighted by Crippen LogP contribution is -2.36. The van der Waals surface area contributed by atoms with Crippen LogP contribution in [0.5, 0.6) is 0 Å². The molecule has 1 fully saturated rings. The molecule has 0 spiro atoms. The Labute approximate surface area is 217 Å². The highest BCUT2D eigenvalue weighted by atomic mass is 35.5. The van der Waals surface area contributed by atoms with Crippen LogP contribution in [0.2, 0.25) is 10.0 Å². The van der Waals surface area contributed by atoms with E-state index in [-0.39, 0.29) is 17.8 Å². The Kier molecular flexibility index (Phi) is 9.25. The molecule has 0 aromatic heterocycles. The zero-order valence-corrected chi connectivity index (χ0v) is 21.3. The van der Waals surface area contributed by atoms with Gasteiger partial charge in [0.2, 0.25) is 0 Å². The molecule has 35 heavy (non-hydrogen) atoms. The molecule has 4 nitrogen and oxygen atoms in total. The molecular weight excluding hydrogens is 484 g/mol. The highest BCUT2D eigenvalue weighted by Gasteiger charge is 2.20. The Hall–Kier alpha value is -2.34. The van der Waals surface area contributed by atoms with Gasteiger partial charge in [-0.25, -0.2) is 9.18 Å². The maximum atomic E-state index is 13.7. The van der Waals surface area contributed by atoms with Crippen LogP contribution in [0.25, 0.3) is 5.57 Å². The van der Waals surface area contributed by atoms with Gasteiger partial charge in [0.25, 0.3) is 0 Å². The van der Waals surface area contributed by atoms with Crippen LogP contribution >= 0.6 is 23.2 Å². The maximum absolute atomic E-state index is 13.7. The predicted molar refractivity (Wildman–Crippen MR) is 144 cm³/mol. The molecule has 0 heterocycles. The molecule has 0 saturated heterocycles. The molecule has 2 aliphatic carbocycles. The molecule has 1 saturated carbocycles. The second kappa shape index (κ2) is 12.6. The molecule has 2 aliphatic rings. The molecule has 4 rings (SSSR count). The number of carbonyl (C=O) groups excluding carboxylic acids is 1. The Morgan fingerprint density at radius 2 is 1.80 bits per heavy atom. The van der Waals surface area contributed by atoms with E-state index in [2.05, 4.69) is 28.1 Å². The monoisotopic (exact) mass is 515 g/mol. The fourth-order valence-corrected chi connectivity index (χ4v) is 5.48. The molecule has 1 unspecified atom stereocenters. The van der Waals surface area contributed by atoms with E-state index in [1.165, 1.54) is 37.3 Å². The fourth-order valence-electron chi connectivity index (χ4n) is 4.95. The van der Waals surface area contributed by atoms with E-state index in [1.807, 2.05) is 6.07 Å². The zero-order valence-electron chi connectivity index (χ0n) is 19.8. The summed E-state index contributed by atoms with van der Waals surface area (Å²) in [6, 6.07) is 12.0. The Morgan fingerprint density at radius 1 is 1.03 bits per heavy atom. The van der Waals surface area contributed by atoms with Crippen molar-refractivity contribution in [2.24, 2.45) is 5.92 Å². The van der Waals surface area contributed by atoms with E-state index in [9.17, 15) is 9.18 Å². The van der Waals surface area contributed by atoms with Crippen molar-refractivity contribution in [3.05, 3.63) is 81.6 Å². The Bertz CT molecular complexity index is 1080. The lowest BCUT2D eigenvalue weighted by molar-refractivity contribution is 0.250. The first-order valence-electron chi connectivity index (χ1n) is 12.4. The van der Waals surface area contributed by atoms with Crippen LogP contribution in [0.1, 0.15) is 50.5 Å². The van der Waals surface area contributed by atoms with Crippen LogP contribution in [0.4, 0.5) is 14.9 Å². The van der Waals surface area contributed by atoms with Gasteiger partial charge in [-0.15, -0.1) is 0 Å². The van der Waals surface area contributed by atoms with Gasteiger partial charge >= 0.3 is 6.03 Å². The van der Waals surface area contributed by atoms with Gasteiger partial charge < -0.3 is 16.0 Å². The van der Waals surface area contributed by atoms with Crippen LogP contribution in [-0.2, 0) is 0 Å². The average Bonchev–Trinajstić information content (AvgIpc) is 3.34. The number of nitrogens with one attached hydrogen (secondary N) is 3. The number of rotatable bonds is 9. The van der Waals surface area contributed by atoms with Crippen LogP contribution in [-0.4, -0.2) is 25.2 Å². The number of urea groups is 1. The fraction of sp³-hybridized carbons (Fsp3) is 0.393. The summed E-state index contributed by atoms with van der Waals surface area (Å²) in [5, 5.41) is 10.5. The van der Waals surface area contributed by atoms with Gasteiger partial charge in [0.15, 0.2) is 0 Å². The highest BCUT2D eigenvalue weighted by Crippen LogP contribution is 2.31. The normalized spacial score (nSPS) is 17.0.